The predicted octanol–water partition coefficient (Wildman–Crippen LogP) is 0.794. The molecule has 0 aromatic rings. The zero-order chi connectivity index (χ0) is 11.1. The van der Waals surface area contributed by atoms with Crippen molar-refractivity contribution in [2.24, 2.45) is 5.92 Å². The monoisotopic (exact) mass is 213 g/mol. The average Bonchev–Trinajstić information content (AvgIpc) is 2.91. The third kappa shape index (κ3) is 2.12. The van der Waals surface area contributed by atoms with Gasteiger partial charge in [-0.25, -0.2) is 5.06 Å². The van der Waals surface area contributed by atoms with E-state index in [0.29, 0.717) is 12.3 Å². The topological polar surface area (TPSA) is 66.8 Å². The van der Waals surface area contributed by atoms with E-state index in [2.05, 4.69) is 0 Å². The summed E-state index contributed by atoms with van der Waals surface area (Å²) in [7, 11) is 0. The molecular formula is C10H15NO4. The highest BCUT2D eigenvalue weighted by Crippen LogP contribution is 2.46. The number of amides is 1. The summed E-state index contributed by atoms with van der Waals surface area (Å²) in [6.45, 7) is 2.08. The molecule has 2 rings (SSSR count). The first-order chi connectivity index (χ1) is 7.01. The molecule has 1 aliphatic carbocycles. The first-order valence-corrected chi connectivity index (χ1v) is 5.22. The van der Waals surface area contributed by atoms with Gasteiger partial charge in [-0.2, -0.15) is 0 Å². The lowest BCUT2D eigenvalue weighted by atomic mass is 9.97. The second-order valence-corrected chi connectivity index (χ2v) is 4.49. The van der Waals surface area contributed by atoms with Crippen molar-refractivity contribution in [3.63, 3.8) is 0 Å². The molecule has 1 amide bonds. The summed E-state index contributed by atoms with van der Waals surface area (Å²) in [4.78, 5) is 27.5. The zero-order valence-corrected chi connectivity index (χ0v) is 8.73. The lowest BCUT2D eigenvalue weighted by Crippen LogP contribution is -2.31. The highest BCUT2D eigenvalue weighted by Gasteiger charge is 2.51. The van der Waals surface area contributed by atoms with E-state index in [1.807, 2.05) is 6.92 Å². The van der Waals surface area contributed by atoms with Crippen LogP contribution in [0.1, 0.15) is 32.6 Å². The Kier molecular flexibility index (Phi) is 2.42. The maximum atomic E-state index is 11.5. The van der Waals surface area contributed by atoms with Gasteiger partial charge in [0.05, 0.1) is 19.4 Å². The molecule has 0 aromatic carbocycles. The lowest BCUT2D eigenvalue weighted by Gasteiger charge is -2.23. The van der Waals surface area contributed by atoms with Gasteiger partial charge in [0.2, 0.25) is 5.91 Å². The van der Waals surface area contributed by atoms with Crippen LogP contribution in [-0.2, 0) is 14.4 Å². The number of carbonyl (C=O) groups is 2. The van der Waals surface area contributed by atoms with Crippen LogP contribution < -0.4 is 0 Å². The number of rotatable bonds is 4. The molecule has 15 heavy (non-hydrogen) atoms. The molecule has 2 aliphatic rings. The van der Waals surface area contributed by atoms with Gasteiger partial charge in [-0.1, -0.05) is 0 Å². The van der Waals surface area contributed by atoms with Crippen molar-refractivity contribution < 1.29 is 19.5 Å². The molecule has 2 fully saturated rings. The van der Waals surface area contributed by atoms with Gasteiger partial charge in [0.25, 0.3) is 0 Å². The van der Waals surface area contributed by atoms with Gasteiger partial charge in [0.1, 0.15) is 5.60 Å². The molecule has 1 unspecified atom stereocenters. The third-order valence-corrected chi connectivity index (χ3v) is 3.07. The van der Waals surface area contributed by atoms with Crippen LogP contribution in [0.2, 0.25) is 0 Å². The molecule has 1 heterocycles. The van der Waals surface area contributed by atoms with Crippen molar-refractivity contribution in [2.75, 3.05) is 6.54 Å². The third-order valence-electron chi connectivity index (χ3n) is 3.07. The summed E-state index contributed by atoms with van der Waals surface area (Å²) in [6, 6.07) is 0. The van der Waals surface area contributed by atoms with Crippen LogP contribution in [-0.4, -0.2) is 34.2 Å². The van der Waals surface area contributed by atoms with Gasteiger partial charge in [-0.3, -0.25) is 14.4 Å². The van der Waals surface area contributed by atoms with Gasteiger partial charge >= 0.3 is 5.97 Å². The molecule has 0 spiro atoms. The molecule has 0 aromatic heterocycles. The predicted molar refractivity (Wildman–Crippen MR) is 50.8 cm³/mol. The zero-order valence-electron chi connectivity index (χ0n) is 8.73. The summed E-state index contributed by atoms with van der Waals surface area (Å²) in [6.07, 6.45) is 2.54. The largest absolute Gasteiger partial charge is 0.481 e. The summed E-state index contributed by atoms with van der Waals surface area (Å²) in [5.74, 6) is -0.534. The van der Waals surface area contributed by atoms with Crippen LogP contribution in [0.5, 0.6) is 0 Å². The second kappa shape index (κ2) is 3.48. The van der Waals surface area contributed by atoms with Gasteiger partial charge in [-0.15, -0.1) is 0 Å². The van der Waals surface area contributed by atoms with E-state index in [0.717, 1.165) is 12.8 Å². The van der Waals surface area contributed by atoms with Crippen LogP contribution in [0.4, 0.5) is 0 Å². The fourth-order valence-corrected chi connectivity index (χ4v) is 2.00. The van der Waals surface area contributed by atoms with Crippen molar-refractivity contribution in [3.8, 4) is 0 Å². The Bertz CT molecular complexity index is 300. The Labute approximate surface area is 88.0 Å². The van der Waals surface area contributed by atoms with Crippen LogP contribution >= 0.6 is 0 Å². The Balaban J connectivity index is 1.92. The number of carboxylic acids is 1. The first kappa shape index (κ1) is 10.4. The quantitative estimate of drug-likeness (QED) is 0.749. The number of hydrogen-bond donors (Lipinski definition) is 1. The Morgan fingerprint density at radius 1 is 1.67 bits per heavy atom. The molecule has 1 atom stereocenters. The second-order valence-electron chi connectivity index (χ2n) is 4.49. The molecule has 1 saturated heterocycles. The number of hydroxylamine groups is 2. The van der Waals surface area contributed by atoms with Gasteiger partial charge < -0.3 is 5.11 Å². The number of nitrogens with zero attached hydrogens (tertiary/aromatic N) is 1. The van der Waals surface area contributed by atoms with E-state index in [1.165, 1.54) is 5.06 Å². The minimum atomic E-state index is -0.911. The van der Waals surface area contributed by atoms with Crippen molar-refractivity contribution in [1.82, 2.24) is 5.06 Å². The van der Waals surface area contributed by atoms with E-state index >= 15 is 0 Å². The van der Waals surface area contributed by atoms with Crippen molar-refractivity contribution in [2.45, 2.75) is 38.2 Å². The normalized spacial score (nSPS) is 31.0. The summed E-state index contributed by atoms with van der Waals surface area (Å²) >= 11 is 0. The number of aliphatic carboxylic acids is 1. The highest BCUT2D eigenvalue weighted by atomic mass is 16.7. The number of hydrogen-bond acceptors (Lipinski definition) is 3. The van der Waals surface area contributed by atoms with Gasteiger partial charge in [-0.05, 0) is 25.7 Å². The van der Waals surface area contributed by atoms with Crippen molar-refractivity contribution in [1.29, 1.82) is 0 Å². The summed E-state index contributed by atoms with van der Waals surface area (Å²) < 4.78 is 0. The Hall–Kier alpha value is -1.10. The fraction of sp³-hybridized carbons (Fsp3) is 0.800. The van der Waals surface area contributed by atoms with Crippen LogP contribution in [0.3, 0.4) is 0 Å². The first-order valence-electron chi connectivity index (χ1n) is 5.22. The van der Waals surface area contributed by atoms with E-state index in [9.17, 15) is 9.59 Å². The van der Waals surface area contributed by atoms with E-state index < -0.39 is 5.97 Å². The van der Waals surface area contributed by atoms with Gasteiger partial charge in [0, 0.05) is 0 Å². The Morgan fingerprint density at radius 2 is 2.33 bits per heavy atom. The molecular weight excluding hydrogens is 198 g/mol. The van der Waals surface area contributed by atoms with E-state index in [-0.39, 0.29) is 24.5 Å². The minimum Gasteiger partial charge on any atom is -0.481 e. The van der Waals surface area contributed by atoms with E-state index in [1.54, 1.807) is 0 Å². The average molecular weight is 213 g/mol. The molecule has 0 bridgehead atoms. The molecule has 5 heteroatoms. The smallest absolute Gasteiger partial charge is 0.305 e. The van der Waals surface area contributed by atoms with Crippen molar-refractivity contribution in [3.05, 3.63) is 0 Å². The molecule has 1 aliphatic heterocycles. The van der Waals surface area contributed by atoms with Crippen LogP contribution in [0.15, 0.2) is 0 Å². The van der Waals surface area contributed by atoms with Crippen molar-refractivity contribution >= 4 is 11.9 Å². The molecule has 1 N–H and O–H groups in total. The molecule has 84 valence electrons. The molecule has 0 radical (unpaired) electrons. The SMILES string of the molecule is CC1(C2CC2)CC(=O)N(CCC(=O)O)O1. The van der Waals surface area contributed by atoms with E-state index in [4.69, 9.17) is 9.94 Å². The van der Waals surface area contributed by atoms with Crippen LogP contribution in [0.25, 0.3) is 0 Å². The maximum absolute atomic E-state index is 11.5. The standard InChI is InChI=1S/C10H15NO4/c1-10(7-2-3-7)6-8(12)11(15-10)5-4-9(13)14/h7H,2-6H2,1H3,(H,13,14). The Morgan fingerprint density at radius 3 is 2.87 bits per heavy atom. The van der Waals surface area contributed by atoms with Crippen LogP contribution in [0, 0.1) is 5.92 Å². The number of carbonyl (C=O) groups excluding carboxylic acids is 1. The summed E-state index contributed by atoms with van der Waals surface area (Å²) in [5, 5.41) is 9.73. The maximum Gasteiger partial charge on any atom is 0.305 e. The van der Waals surface area contributed by atoms with Gasteiger partial charge in [0.15, 0.2) is 0 Å². The molecule has 5 nitrogen and oxygen atoms in total. The lowest BCUT2D eigenvalue weighted by molar-refractivity contribution is -0.201. The highest BCUT2D eigenvalue weighted by molar-refractivity contribution is 5.78. The minimum absolute atomic E-state index is 0.0630. The molecule has 1 saturated carbocycles. The fourth-order valence-electron chi connectivity index (χ4n) is 2.00. The summed E-state index contributed by atoms with van der Waals surface area (Å²) in [5.41, 5.74) is -0.379. The number of carboxylic acid groups (broad SMARTS) is 1.